The zero-order valence-electron chi connectivity index (χ0n) is 21.1. The number of carbonyl (C=O) groups is 2. The molecule has 7 atom stereocenters. The largest absolute Gasteiger partial charge is 0.392 e. The minimum absolute atomic E-state index is 0.0119. The fourth-order valence-corrected chi connectivity index (χ4v) is 7.21. The van der Waals surface area contributed by atoms with Gasteiger partial charge in [0.05, 0.1) is 6.10 Å². The Hall–Kier alpha value is -1.95. The Morgan fingerprint density at radius 2 is 1.91 bits per heavy atom. The van der Waals surface area contributed by atoms with Crippen molar-refractivity contribution in [2.24, 2.45) is 35.0 Å². The Labute approximate surface area is 204 Å². The first kappa shape index (κ1) is 25.2. The minimum atomic E-state index is -0.540. The fraction of sp³-hybridized carbons (Fsp3) is 0.750. The molecule has 0 radical (unpaired) electrons. The molecule has 0 saturated heterocycles. The Bertz CT molecular complexity index is 841. The Kier molecular flexibility index (Phi) is 7.96. The number of nitrogens with zero attached hydrogens (tertiary/aromatic N) is 1. The number of fused-ring (bicyclic) bond motifs is 1. The van der Waals surface area contributed by atoms with Crippen molar-refractivity contribution in [2.45, 2.75) is 97.2 Å². The normalized spacial score (nSPS) is 35.1. The molecule has 0 unspecified atom stereocenters. The molecule has 3 fully saturated rings. The van der Waals surface area contributed by atoms with Crippen LogP contribution in [-0.4, -0.2) is 34.1 Å². The third-order valence-electron chi connectivity index (χ3n) is 9.44. The van der Waals surface area contributed by atoms with Crippen molar-refractivity contribution in [1.82, 2.24) is 15.6 Å². The number of aliphatic hydroxyl groups excluding tert-OH is 1. The first-order chi connectivity index (χ1) is 16.3. The fourth-order valence-electron chi connectivity index (χ4n) is 7.21. The van der Waals surface area contributed by atoms with Crippen molar-refractivity contribution in [3.05, 3.63) is 30.1 Å². The summed E-state index contributed by atoms with van der Waals surface area (Å²) in [6.45, 7) is 6.91. The van der Waals surface area contributed by atoms with Crippen LogP contribution in [0.1, 0.15) is 84.1 Å². The Morgan fingerprint density at radius 1 is 1.18 bits per heavy atom. The van der Waals surface area contributed by atoms with Crippen LogP contribution in [0.25, 0.3) is 0 Å². The smallest absolute Gasteiger partial charge is 0.223 e. The van der Waals surface area contributed by atoms with Gasteiger partial charge in [0.2, 0.25) is 11.8 Å². The number of aromatic nitrogens is 1. The molecule has 1 aromatic heterocycles. The summed E-state index contributed by atoms with van der Waals surface area (Å²) in [6, 6.07) is 3.92. The Morgan fingerprint density at radius 3 is 2.62 bits per heavy atom. The molecule has 0 spiro atoms. The lowest BCUT2D eigenvalue weighted by Gasteiger charge is -2.56. The lowest BCUT2D eigenvalue weighted by atomic mass is 9.51. The van der Waals surface area contributed by atoms with Gasteiger partial charge in [-0.05, 0) is 73.3 Å². The maximum absolute atomic E-state index is 13.0. The molecule has 3 saturated carbocycles. The molecule has 0 bridgehead atoms. The summed E-state index contributed by atoms with van der Waals surface area (Å²) in [5.41, 5.74) is 1.03. The van der Waals surface area contributed by atoms with Crippen LogP contribution in [0.15, 0.2) is 24.5 Å². The topological polar surface area (TPSA) is 91.3 Å². The second-order valence-electron chi connectivity index (χ2n) is 11.6. The zero-order chi connectivity index (χ0) is 24.3. The zero-order valence-corrected chi connectivity index (χ0v) is 21.1. The van der Waals surface area contributed by atoms with E-state index >= 15 is 0 Å². The molecule has 2 amide bonds. The quantitative estimate of drug-likeness (QED) is 0.582. The van der Waals surface area contributed by atoms with Gasteiger partial charge in [-0.15, -0.1) is 0 Å². The SMILES string of the molecule is C[C@@H]1[C@@H]2[C@@H](O)[C@@H]([C@H](C)C(=O)NCc3cccnc3)CC[C@]2(C)CC[C@@H]1NC(=O)C1CCCCC1. The monoisotopic (exact) mass is 469 g/mol. The molecular formula is C28H43N3O3. The summed E-state index contributed by atoms with van der Waals surface area (Å²) in [6.07, 6.45) is 12.4. The van der Waals surface area contributed by atoms with Gasteiger partial charge in [-0.1, -0.05) is 46.1 Å². The van der Waals surface area contributed by atoms with Crippen molar-refractivity contribution >= 4 is 11.8 Å². The first-order valence-corrected chi connectivity index (χ1v) is 13.5. The molecule has 34 heavy (non-hydrogen) atoms. The van der Waals surface area contributed by atoms with Gasteiger partial charge in [0, 0.05) is 36.8 Å². The molecule has 3 N–H and O–H groups in total. The summed E-state index contributed by atoms with van der Waals surface area (Å²) in [5.74, 6) is 0.303. The van der Waals surface area contributed by atoms with Gasteiger partial charge in [-0.3, -0.25) is 14.6 Å². The van der Waals surface area contributed by atoms with Crippen molar-refractivity contribution in [3.8, 4) is 0 Å². The second-order valence-corrected chi connectivity index (χ2v) is 11.6. The van der Waals surface area contributed by atoms with E-state index in [4.69, 9.17) is 0 Å². The molecule has 6 heteroatoms. The molecule has 1 heterocycles. The molecule has 188 valence electrons. The molecule has 3 aliphatic carbocycles. The summed E-state index contributed by atoms with van der Waals surface area (Å²) >= 11 is 0. The van der Waals surface area contributed by atoms with Crippen LogP contribution in [-0.2, 0) is 16.1 Å². The molecule has 1 aromatic rings. The van der Waals surface area contributed by atoms with Gasteiger partial charge >= 0.3 is 0 Å². The van der Waals surface area contributed by atoms with Crippen molar-refractivity contribution in [2.75, 3.05) is 0 Å². The van der Waals surface area contributed by atoms with E-state index in [9.17, 15) is 14.7 Å². The number of carbonyl (C=O) groups excluding carboxylic acids is 2. The number of nitrogens with one attached hydrogen (secondary N) is 2. The molecule has 0 aromatic carbocycles. The molecule has 0 aliphatic heterocycles. The highest BCUT2D eigenvalue weighted by Gasteiger charge is 2.54. The maximum atomic E-state index is 13.0. The lowest BCUT2D eigenvalue weighted by Crippen LogP contribution is -2.59. The highest BCUT2D eigenvalue weighted by Crippen LogP contribution is 2.55. The Balaban J connectivity index is 1.39. The van der Waals surface area contributed by atoms with Gasteiger partial charge in [0.25, 0.3) is 0 Å². The number of amides is 2. The van der Waals surface area contributed by atoms with E-state index in [0.29, 0.717) is 6.54 Å². The summed E-state index contributed by atoms with van der Waals surface area (Å²) < 4.78 is 0. The highest BCUT2D eigenvalue weighted by molar-refractivity contribution is 5.79. The predicted molar refractivity (Wildman–Crippen MR) is 132 cm³/mol. The number of aliphatic hydroxyl groups is 1. The van der Waals surface area contributed by atoms with E-state index in [0.717, 1.165) is 56.9 Å². The average Bonchev–Trinajstić information content (AvgIpc) is 2.85. The van der Waals surface area contributed by atoms with E-state index in [2.05, 4.69) is 29.5 Å². The van der Waals surface area contributed by atoms with Crippen LogP contribution < -0.4 is 10.6 Å². The van der Waals surface area contributed by atoms with E-state index in [1.165, 1.54) is 6.42 Å². The van der Waals surface area contributed by atoms with E-state index in [1.54, 1.807) is 12.4 Å². The number of hydrogen-bond acceptors (Lipinski definition) is 4. The van der Waals surface area contributed by atoms with Crippen molar-refractivity contribution < 1.29 is 14.7 Å². The van der Waals surface area contributed by atoms with Crippen molar-refractivity contribution in [1.29, 1.82) is 0 Å². The van der Waals surface area contributed by atoms with Gasteiger partial charge in [0.1, 0.15) is 0 Å². The van der Waals surface area contributed by atoms with Crippen LogP contribution in [0.5, 0.6) is 0 Å². The average molecular weight is 470 g/mol. The van der Waals surface area contributed by atoms with Crippen LogP contribution in [0.4, 0.5) is 0 Å². The van der Waals surface area contributed by atoms with Gasteiger partial charge < -0.3 is 15.7 Å². The molecule has 3 aliphatic rings. The lowest BCUT2D eigenvalue weighted by molar-refractivity contribution is -0.144. The molecule has 6 nitrogen and oxygen atoms in total. The number of hydrogen-bond donors (Lipinski definition) is 3. The minimum Gasteiger partial charge on any atom is -0.392 e. The van der Waals surface area contributed by atoms with Crippen LogP contribution >= 0.6 is 0 Å². The van der Waals surface area contributed by atoms with Crippen molar-refractivity contribution in [3.63, 3.8) is 0 Å². The van der Waals surface area contributed by atoms with Crippen LogP contribution in [0, 0.1) is 35.0 Å². The van der Waals surface area contributed by atoms with Gasteiger partial charge in [-0.2, -0.15) is 0 Å². The van der Waals surface area contributed by atoms with E-state index in [1.807, 2.05) is 19.1 Å². The number of rotatable bonds is 6. The summed E-state index contributed by atoms with van der Waals surface area (Å²) in [5, 5.41) is 18.0. The summed E-state index contributed by atoms with van der Waals surface area (Å²) in [4.78, 5) is 30.0. The molecule has 4 rings (SSSR count). The molecular weight excluding hydrogens is 426 g/mol. The predicted octanol–water partition coefficient (Wildman–Crippen LogP) is 4.22. The standard InChI is InChI=1S/C28H43N3O3/c1-18(26(33)30-17-20-8-7-15-29-16-20)22-11-13-28(3)14-12-23(19(2)24(28)25(22)32)31-27(34)21-9-5-4-6-10-21/h7-8,15-16,18-19,21-25,32H,4-6,9-14,17H2,1-3H3,(H,30,33)(H,31,34)/t18-,19-,22+,23-,24+,25-,28+/m0/s1. The highest BCUT2D eigenvalue weighted by atomic mass is 16.3. The van der Waals surface area contributed by atoms with Crippen LogP contribution in [0.3, 0.4) is 0 Å². The van der Waals surface area contributed by atoms with E-state index < -0.39 is 6.10 Å². The second kappa shape index (κ2) is 10.8. The van der Waals surface area contributed by atoms with Gasteiger partial charge in [-0.25, -0.2) is 0 Å². The number of pyridine rings is 1. The van der Waals surface area contributed by atoms with Gasteiger partial charge in [0.15, 0.2) is 0 Å². The maximum Gasteiger partial charge on any atom is 0.223 e. The first-order valence-electron chi connectivity index (χ1n) is 13.5. The summed E-state index contributed by atoms with van der Waals surface area (Å²) in [7, 11) is 0. The van der Waals surface area contributed by atoms with E-state index in [-0.39, 0.29) is 52.9 Å². The third kappa shape index (κ3) is 5.32. The van der Waals surface area contributed by atoms with Crippen LogP contribution in [0.2, 0.25) is 0 Å². The third-order valence-corrected chi connectivity index (χ3v) is 9.44.